The quantitative estimate of drug-likeness (QED) is 0.305. The van der Waals surface area contributed by atoms with Gasteiger partial charge < -0.3 is 19.7 Å². The number of amides is 1. The second-order valence-electron chi connectivity index (χ2n) is 9.80. The van der Waals surface area contributed by atoms with Crippen molar-refractivity contribution in [2.24, 2.45) is 0 Å². The molecule has 1 N–H and O–H groups in total. The minimum absolute atomic E-state index is 0.271. The van der Waals surface area contributed by atoms with E-state index in [9.17, 15) is 4.79 Å². The van der Waals surface area contributed by atoms with E-state index < -0.39 is 6.09 Å². The lowest BCUT2D eigenvalue weighted by molar-refractivity contribution is 0.124. The summed E-state index contributed by atoms with van der Waals surface area (Å²) in [5.41, 5.74) is 3.83. The molecule has 0 saturated carbocycles. The van der Waals surface area contributed by atoms with Crippen molar-refractivity contribution in [3.63, 3.8) is 0 Å². The third-order valence-corrected chi connectivity index (χ3v) is 6.55. The van der Waals surface area contributed by atoms with Crippen LogP contribution in [0.1, 0.15) is 26.6 Å². The van der Waals surface area contributed by atoms with E-state index >= 15 is 0 Å². The van der Waals surface area contributed by atoms with Gasteiger partial charge in [0, 0.05) is 30.4 Å². The number of hydrogen-bond acceptors (Lipinski definition) is 9. The standard InChI is InChI=1S/C27H27ClN8O3/c1-27(2,3)35(4)26(37)39-22-8-6-16(12-18(22)28)19-7-9-23-32-33-24(36(23)34-19)15-30-20-10-11-29-21-13-17(38-5)14-31-25(20)21/h6-14H,15H2,1-5H3,(H,29,30). The average molecular weight is 547 g/mol. The van der Waals surface area contributed by atoms with Gasteiger partial charge in [-0.1, -0.05) is 11.6 Å². The third-order valence-electron chi connectivity index (χ3n) is 6.26. The second kappa shape index (κ2) is 10.3. The molecule has 0 spiro atoms. The van der Waals surface area contributed by atoms with Gasteiger partial charge >= 0.3 is 6.09 Å². The number of benzene rings is 1. The normalized spacial score (nSPS) is 11.5. The molecular weight excluding hydrogens is 520 g/mol. The summed E-state index contributed by atoms with van der Waals surface area (Å²) in [6.45, 7) is 6.11. The van der Waals surface area contributed by atoms with E-state index in [1.165, 1.54) is 4.90 Å². The van der Waals surface area contributed by atoms with Gasteiger partial charge in [-0.2, -0.15) is 9.61 Å². The minimum Gasteiger partial charge on any atom is -0.495 e. The van der Waals surface area contributed by atoms with Crippen molar-refractivity contribution < 1.29 is 14.3 Å². The maximum atomic E-state index is 12.5. The summed E-state index contributed by atoms with van der Waals surface area (Å²) in [6.07, 6.45) is 2.86. The number of ether oxygens (including phenoxy) is 2. The van der Waals surface area contributed by atoms with Crippen LogP contribution < -0.4 is 14.8 Å². The fraction of sp³-hybridized carbons (Fsp3) is 0.259. The van der Waals surface area contributed by atoms with Crippen LogP contribution in [-0.4, -0.2) is 60.5 Å². The Morgan fingerprint density at radius 3 is 2.67 bits per heavy atom. The van der Waals surface area contributed by atoms with Crippen molar-refractivity contribution in [3.8, 4) is 22.8 Å². The molecule has 0 aliphatic carbocycles. The highest BCUT2D eigenvalue weighted by Crippen LogP contribution is 2.31. The summed E-state index contributed by atoms with van der Waals surface area (Å²) >= 11 is 6.47. The second-order valence-corrected chi connectivity index (χ2v) is 10.2. The van der Waals surface area contributed by atoms with Crippen LogP contribution in [-0.2, 0) is 6.54 Å². The highest BCUT2D eigenvalue weighted by atomic mass is 35.5. The summed E-state index contributed by atoms with van der Waals surface area (Å²) in [7, 11) is 3.27. The van der Waals surface area contributed by atoms with Gasteiger partial charge in [0.15, 0.2) is 17.2 Å². The Balaban J connectivity index is 1.37. The number of halogens is 1. The topological polar surface area (TPSA) is 120 Å². The van der Waals surface area contributed by atoms with Crippen molar-refractivity contribution in [1.82, 2.24) is 34.7 Å². The molecule has 11 nitrogen and oxygen atoms in total. The predicted octanol–water partition coefficient (Wildman–Crippen LogP) is 5.24. The predicted molar refractivity (Wildman–Crippen MR) is 148 cm³/mol. The number of hydrogen-bond donors (Lipinski definition) is 1. The minimum atomic E-state index is -0.491. The van der Waals surface area contributed by atoms with Gasteiger partial charge in [-0.05, 0) is 57.2 Å². The van der Waals surface area contributed by atoms with Crippen molar-refractivity contribution in [2.45, 2.75) is 32.9 Å². The summed E-state index contributed by atoms with van der Waals surface area (Å²) in [5.74, 6) is 1.51. The molecule has 0 aliphatic heterocycles. The number of rotatable bonds is 6. The summed E-state index contributed by atoms with van der Waals surface area (Å²) in [4.78, 5) is 22.8. The van der Waals surface area contributed by atoms with Crippen molar-refractivity contribution >= 4 is 40.1 Å². The first kappa shape index (κ1) is 26.1. The van der Waals surface area contributed by atoms with Gasteiger partial charge in [-0.3, -0.25) is 4.98 Å². The Labute approximate surface area is 229 Å². The zero-order valence-electron chi connectivity index (χ0n) is 22.1. The van der Waals surface area contributed by atoms with Gasteiger partial charge in [0.25, 0.3) is 0 Å². The lowest BCUT2D eigenvalue weighted by atomic mass is 10.1. The van der Waals surface area contributed by atoms with E-state index in [0.717, 1.165) is 11.3 Å². The van der Waals surface area contributed by atoms with Crippen LogP contribution in [0, 0.1) is 0 Å². The largest absolute Gasteiger partial charge is 0.495 e. The van der Waals surface area contributed by atoms with Crippen molar-refractivity contribution in [2.75, 3.05) is 19.5 Å². The monoisotopic (exact) mass is 546 g/mol. The van der Waals surface area contributed by atoms with Crippen LogP contribution in [0.3, 0.4) is 0 Å². The number of aromatic nitrogens is 6. The summed E-state index contributed by atoms with van der Waals surface area (Å²) < 4.78 is 12.4. The number of anilines is 1. The highest BCUT2D eigenvalue weighted by Gasteiger charge is 2.24. The van der Waals surface area contributed by atoms with Crippen LogP contribution in [0.5, 0.6) is 11.5 Å². The summed E-state index contributed by atoms with van der Waals surface area (Å²) in [6, 6.07) is 12.5. The number of fused-ring (bicyclic) bond motifs is 2. The molecular formula is C27H27ClN8O3. The Morgan fingerprint density at radius 1 is 1.10 bits per heavy atom. The smallest absolute Gasteiger partial charge is 0.415 e. The molecule has 0 radical (unpaired) electrons. The molecule has 0 fully saturated rings. The molecule has 39 heavy (non-hydrogen) atoms. The van der Waals surface area contributed by atoms with E-state index in [1.54, 1.807) is 49.3 Å². The molecule has 200 valence electrons. The molecule has 0 aliphatic rings. The van der Waals surface area contributed by atoms with Gasteiger partial charge in [0.2, 0.25) is 0 Å². The van der Waals surface area contributed by atoms with Crippen molar-refractivity contribution in [3.05, 3.63) is 65.7 Å². The van der Waals surface area contributed by atoms with Gasteiger partial charge in [-0.15, -0.1) is 10.2 Å². The van der Waals surface area contributed by atoms with E-state index in [4.69, 9.17) is 26.2 Å². The average Bonchev–Trinajstić information content (AvgIpc) is 3.33. The molecule has 5 rings (SSSR count). The number of pyridine rings is 2. The fourth-order valence-electron chi connectivity index (χ4n) is 3.72. The molecule has 4 heterocycles. The molecule has 0 atom stereocenters. The third kappa shape index (κ3) is 5.39. The molecule has 5 aromatic rings. The first-order valence-electron chi connectivity index (χ1n) is 12.1. The lowest BCUT2D eigenvalue weighted by Crippen LogP contribution is -2.44. The van der Waals surface area contributed by atoms with E-state index in [2.05, 4.69) is 25.5 Å². The number of methoxy groups -OCH3 is 1. The number of nitrogens with zero attached hydrogens (tertiary/aromatic N) is 7. The van der Waals surface area contributed by atoms with Gasteiger partial charge in [0.1, 0.15) is 11.3 Å². The maximum Gasteiger partial charge on any atom is 0.415 e. The fourth-order valence-corrected chi connectivity index (χ4v) is 3.94. The molecule has 1 amide bonds. The van der Waals surface area contributed by atoms with Crippen LogP contribution in [0.2, 0.25) is 5.02 Å². The lowest BCUT2D eigenvalue weighted by Gasteiger charge is -2.30. The van der Waals surface area contributed by atoms with Gasteiger partial charge in [-0.25, -0.2) is 9.78 Å². The first-order chi connectivity index (χ1) is 18.6. The Morgan fingerprint density at radius 2 is 1.92 bits per heavy atom. The Kier molecular flexibility index (Phi) is 6.92. The van der Waals surface area contributed by atoms with Crippen LogP contribution in [0.25, 0.3) is 27.9 Å². The van der Waals surface area contributed by atoms with Crippen molar-refractivity contribution in [1.29, 1.82) is 0 Å². The van der Waals surface area contributed by atoms with Gasteiger partial charge in [0.05, 0.1) is 41.8 Å². The zero-order valence-corrected chi connectivity index (χ0v) is 22.9. The number of carbonyl (C=O) groups is 1. The SMILES string of the molecule is COc1cnc2c(NCc3nnc4ccc(-c5ccc(OC(=O)N(C)C(C)(C)C)c(Cl)c5)nn34)ccnc2c1. The Hall–Kier alpha value is -4.51. The maximum absolute atomic E-state index is 12.5. The molecule has 0 bridgehead atoms. The molecule has 0 saturated heterocycles. The zero-order chi connectivity index (χ0) is 27.7. The number of nitrogens with one attached hydrogen (secondary N) is 1. The highest BCUT2D eigenvalue weighted by molar-refractivity contribution is 6.32. The molecule has 0 unspecified atom stereocenters. The molecule has 12 heteroatoms. The summed E-state index contributed by atoms with van der Waals surface area (Å²) in [5, 5.41) is 16.9. The van der Waals surface area contributed by atoms with Crippen LogP contribution >= 0.6 is 11.6 Å². The Bertz CT molecular complexity index is 1680. The van der Waals surface area contributed by atoms with E-state index in [0.29, 0.717) is 45.5 Å². The van der Waals surface area contributed by atoms with E-state index in [1.807, 2.05) is 45.0 Å². The van der Waals surface area contributed by atoms with Crippen LogP contribution in [0.15, 0.2) is 54.9 Å². The first-order valence-corrected chi connectivity index (χ1v) is 12.5. The molecule has 4 aromatic heterocycles. The molecule has 1 aromatic carbocycles. The number of carbonyl (C=O) groups excluding carboxylic acids is 1. The van der Waals surface area contributed by atoms with Crippen LogP contribution in [0.4, 0.5) is 10.5 Å². The van der Waals surface area contributed by atoms with E-state index in [-0.39, 0.29) is 11.3 Å².